The molecule has 1 fully saturated rings. The van der Waals surface area contributed by atoms with Crippen LogP contribution in [0, 0.1) is 5.92 Å². The van der Waals surface area contributed by atoms with Crippen LogP contribution < -0.4 is 5.32 Å². The molecule has 0 bridgehead atoms. The van der Waals surface area contributed by atoms with E-state index in [0.717, 1.165) is 25.6 Å². The Morgan fingerprint density at radius 2 is 2.17 bits per heavy atom. The third-order valence-electron chi connectivity index (χ3n) is 3.84. The van der Waals surface area contributed by atoms with Crippen LogP contribution in [0.2, 0.25) is 0 Å². The third kappa shape index (κ3) is 4.07. The van der Waals surface area contributed by atoms with Crippen LogP contribution in [0.25, 0.3) is 0 Å². The molecule has 0 spiro atoms. The summed E-state index contributed by atoms with van der Waals surface area (Å²) < 4.78 is 0. The highest BCUT2D eigenvalue weighted by atomic mass is 15.1. The van der Waals surface area contributed by atoms with Crippen LogP contribution in [0.4, 0.5) is 0 Å². The topological polar surface area (TPSA) is 28.2 Å². The standard InChI is InChI=1S/C15H25N3/c1-3-18(11-14-5-7-16-8-6-14)12-15-10-13(2)4-9-17-15/h5-8,13,15,17H,3-4,9-12H2,1-2H3. The maximum Gasteiger partial charge on any atom is 0.0271 e. The number of nitrogens with one attached hydrogen (secondary N) is 1. The number of piperidine rings is 1. The first-order valence-electron chi connectivity index (χ1n) is 7.12. The maximum atomic E-state index is 4.07. The molecule has 2 rings (SSSR count). The summed E-state index contributed by atoms with van der Waals surface area (Å²) in [4.78, 5) is 6.59. The molecule has 2 heterocycles. The molecule has 1 aromatic rings. The molecule has 2 unspecified atom stereocenters. The summed E-state index contributed by atoms with van der Waals surface area (Å²) in [7, 11) is 0. The zero-order valence-corrected chi connectivity index (χ0v) is 11.6. The Balaban J connectivity index is 1.85. The summed E-state index contributed by atoms with van der Waals surface area (Å²) in [6, 6.07) is 4.88. The minimum absolute atomic E-state index is 0.663. The molecule has 2 atom stereocenters. The van der Waals surface area contributed by atoms with Crippen molar-refractivity contribution in [1.82, 2.24) is 15.2 Å². The molecular formula is C15H25N3. The van der Waals surface area contributed by atoms with Crippen molar-refractivity contribution in [3.05, 3.63) is 30.1 Å². The molecule has 3 heteroatoms. The molecule has 0 aromatic carbocycles. The monoisotopic (exact) mass is 247 g/mol. The van der Waals surface area contributed by atoms with Crippen molar-refractivity contribution in [2.75, 3.05) is 19.6 Å². The second kappa shape index (κ2) is 6.86. The molecular weight excluding hydrogens is 222 g/mol. The van der Waals surface area contributed by atoms with Crippen molar-refractivity contribution >= 4 is 0 Å². The van der Waals surface area contributed by atoms with E-state index in [1.165, 1.54) is 24.9 Å². The van der Waals surface area contributed by atoms with Crippen molar-refractivity contribution in [3.63, 3.8) is 0 Å². The fourth-order valence-electron chi connectivity index (χ4n) is 2.72. The fraction of sp³-hybridized carbons (Fsp3) is 0.667. The molecule has 1 saturated heterocycles. The van der Waals surface area contributed by atoms with Crippen LogP contribution in [0.5, 0.6) is 0 Å². The van der Waals surface area contributed by atoms with Gasteiger partial charge in [0.25, 0.3) is 0 Å². The van der Waals surface area contributed by atoms with E-state index in [2.05, 4.69) is 41.2 Å². The minimum Gasteiger partial charge on any atom is -0.313 e. The minimum atomic E-state index is 0.663. The number of aromatic nitrogens is 1. The highest BCUT2D eigenvalue weighted by Gasteiger charge is 2.20. The van der Waals surface area contributed by atoms with Crippen molar-refractivity contribution in [1.29, 1.82) is 0 Å². The van der Waals surface area contributed by atoms with Crippen LogP contribution in [-0.4, -0.2) is 35.6 Å². The molecule has 0 radical (unpaired) electrons. The van der Waals surface area contributed by atoms with E-state index in [9.17, 15) is 0 Å². The smallest absolute Gasteiger partial charge is 0.0271 e. The first kappa shape index (κ1) is 13.5. The summed E-state index contributed by atoms with van der Waals surface area (Å²) in [5.74, 6) is 0.871. The Bertz CT molecular complexity index is 339. The van der Waals surface area contributed by atoms with E-state index in [1.54, 1.807) is 0 Å². The molecule has 1 aromatic heterocycles. The first-order valence-corrected chi connectivity index (χ1v) is 7.12. The van der Waals surface area contributed by atoms with Gasteiger partial charge < -0.3 is 5.32 Å². The van der Waals surface area contributed by atoms with Crippen LogP contribution in [-0.2, 0) is 6.54 Å². The second-order valence-electron chi connectivity index (χ2n) is 5.46. The number of likely N-dealkylation sites (N-methyl/N-ethyl adjacent to an activating group) is 1. The predicted octanol–water partition coefficient (Wildman–Crippen LogP) is 2.29. The van der Waals surface area contributed by atoms with E-state index >= 15 is 0 Å². The number of pyridine rings is 1. The van der Waals surface area contributed by atoms with Gasteiger partial charge in [-0.3, -0.25) is 9.88 Å². The highest BCUT2D eigenvalue weighted by Crippen LogP contribution is 2.16. The van der Waals surface area contributed by atoms with Gasteiger partial charge in [-0.15, -0.1) is 0 Å². The number of rotatable bonds is 5. The summed E-state index contributed by atoms with van der Waals surface area (Å²) >= 11 is 0. The Morgan fingerprint density at radius 1 is 1.39 bits per heavy atom. The van der Waals surface area contributed by atoms with Gasteiger partial charge in [0.2, 0.25) is 0 Å². The highest BCUT2D eigenvalue weighted by molar-refractivity contribution is 5.09. The van der Waals surface area contributed by atoms with Gasteiger partial charge in [0, 0.05) is 31.5 Å². The molecule has 18 heavy (non-hydrogen) atoms. The summed E-state index contributed by atoms with van der Waals surface area (Å²) in [6.07, 6.45) is 6.40. The zero-order chi connectivity index (χ0) is 12.8. The molecule has 0 aliphatic carbocycles. The molecule has 3 nitrogen and oxygen atoms in total. The van der Waals surface area contributed by atoms with Crippen molar-refractivity contribution in [2.24, 2.45) is 5.92 Å². The number of hydrogen-bond acceptors (Lipinski definition) is 3. The quantitative estimate of drug-likeness (QED) is 0.865. The van der Waals surface area contributed by atoms with Crippen LogP contribution in [0.1, 0.15) is 32.3 Å². The summed E-state index contributed by atoms with van der Waals surface area (Å²) in [5, 5.41) is 3.65. The van der Waals surface area contributed by atoms with E-state index in [4.69, 9.17) is 0 Å². The Hall–Kier alpha value is -0.930. The summed E-state index contributed by atoms with van der Waals surface area (Å²) in [5.41, 5.74) is 1.36. The molecule has 1 N–H and O–H groups in total. The molecule has 1 aliphatic rings. The second-order valence-corrected chi connectivity index (χ2v) is 5.46. The van der Waals surface area contributed by atoms with Gasteiger partial charge >= 0.3 is 0 Å². The average Bonchev–Trinajstić information content (AvgIpc) is 2.39. The lowest BCUT2D eigenvalue weighted by Gasteiger charge is -2.32. The Labute approximate surface area is 111 Å². The average molecular weight is 247 g/mol. The van der Waals surface area contributed by atoms with E-state index in [0.29, 0.717) is 6.04 Å². The molecule has 100 valence electrons. The normalized spacial score (nSPS) is 24.4. The van der Waals surface area contributed by atoms with Gasteiger partial charge in [0.1, 0.15) is 0 Å². The van der Waals surface area contributed by atoms with Gasteiger partial charge in [0.15, 0.2) is 0 Å². The van der Waals surface area contributed by atoms with Crippen molar-refractivity contribution in [3.8, 4) is 0 Å². The van der Waals surface area contributed by atoms with Gasteiger partial charge in [-0.25, -0.2) is 0 Å². The van der Waals surface area contributed by atoms with Crippen LogP contribution in [0.15, 0.2) is 24.5 Å². The Morgan fingerprint density at radius 3 is 2.83 bits per heavy atom. The molecule has 1 aliphatic heterocycles. The SMILES string of the molecule is CCN(Cc1ccncc1)CC1CC(C)CCN1. The van der Waals surface area contributed by atoms with Gasteiger partial charge in [-0.05, 0) is 49.5 Å². The van der Waals surface area contributed by atoms with Crippen LogP contribution >= 0.6 is 0 Å². The molecule has 0 amide bonds. The van der Waals surface area contributed by atoms with Gasteiger partial charge in [0.05, 0.1) is 0 Å². The number of nitrogens with zero attached hydrogens (tertiary/aromatic N) is 2. The Kier molecular flexibility index (Phi) is 5.14. The third-order valence-corrected chi connectivity index (χ3v) is 3.84. The van der Waals surface area contributed by atoms with Gasteiger partial charge in [-0.1, -0.05) is 13.8 Å². The maximum absolute atomic E-state index is 4.07. The van der Waals surface area contributed by atoms with Crippen LogP contribution in [0.3, 0.4) is 0 Å². The lowest BCUT2D eigenvalue weighted by atomic mass is 9.94. The van der Waals surface area contributed by atoms with Crippen molar-refractivity contribution in [2.45, 2.75) is 39.3 Å². The largest absolute Gasteiger partial charge is 0.313 e. The summed E-state index contributed by atoms with van der Waals surface area (Å²) in [6.45, 7) is 9.09. The van der Waals surface area contributed by atoms with E-state index in [-0.39, 0.29) is 0 Å². The lowest BCUT2D eigenvalue weighted by molar-refractivity contribution is 0.207. The van der Waals surface area contributed by atoms with E-state index in [1.807, 2.05) is 12.4 Å². The lowest BCUT2D eigenvalue weighted by Crippen LogP contribution is -2.45. The first-order chi connectivity index (χ1) is 8.78. The van der Waals surface area contributed by atoms with Gasteiger partial charge in [-0.2, -0.15) is 0 Å². The fourth-order valence-corrected chi connectivity index (χ4v) is 2.72. The zero-order valence-electron chi connectivity index (χ0n) is 11.6. The van der Waals surface area contributed by atoms with Crippen molar-refractivity contribution < 1.29 is 0 Å². The predicted molar refractivity (Wildman–Crippen MR) is 75.4 cm³/mol. The molecule has 0 saturated carbocycles. The number of hydrogen-bond donors (Lipinski definition) is 1. The van der Waals surface area contributed by atoms with E-state index < -0.39 is 0 Å².